The zero-order chi connectivity index (χ0) is 22.0. The van der Waals surface area contributed by atoms with Crippen molar-refractivity contribution in [3.05, 3.63) is 69.6 Å². The van der Waals surface area contributed by atoms with Gasteiger partial charge in [-0.15, -0.1) is 11.3 Å². The summed E-state index contributed by atoms with van der Waals surface area (Å²) in [5.74, 6) is 0.927. The predicted molar refractivity (Wildman–Crippen MR) is 133 cm³/mol. The van der Waals surface area contributed by atoms with Crippen LogP contribution in [0.1, 0.15) is 35.4 Å². The average molecular weight is 451 g/mol. The minimum Gasteiger partial charge on any atom is -0.356 e. The summed E-state index contributed by atoms with van der Waals surface area (Å²) in [7, 11) is 0. The van der Waals surface area contributed by atoms with E-state index in [-0.39, 0.29) is 0 Å². The number of nitrogens with zero attached hydrogens (tertiary/aromatic N) is 4. The predicted octanol–water partition coefficient (Wildman–Crippen LogP) is 6.65. The lowest BCUT2D eigenvalue weighted by Gasteiger charge is -2.23. The maximum absolute atomic E-state index is 6.39. The minimum atomic E-state index is 0.306. The third kappa shape index (κ3) is 4.43. The van der Waals surface area contributed by atoms with Gasteiger partial charge < -0.3 is 4.90 Å². The number of hydrogen-bond acceptors (Lipinski definition) is 5. The van der Waals surface area contributed by atoms with Gasteiger partial charge in [-0.25, -0.2) is 4.98 Å². The quantitative estimate of drug-likeness (QED) is 0.295. The Kier molecular flexibility index (Phi) is 6.54. The Morgan fingerprint density at radius 2 is 1.77 bits per heavy atom. The van der Waals surface area contributed by atoms with Gasteiger partial charge in [-0.2, -0.15) is 4.98 Å². The molecular weight excluding hydrogens is 424 g/mol. The van der Waals surface area contributed by atoms with E-state index in [2.05, 4.69) is 72.9 Å². The van der Waals surface area contributed by atoms with Crippen LogP contribution < -0.4 is 4.90 Å². The summed E-state index contributed by atoms with van der Waals surface area (Å²) < 4.78 is 0. The molecule has 0 amide bonds. The molecule has 0 saturated carbocycles. The van der Waals surface area contributed by atoms with Crippen molar-refractivity contribution in [2.45, 2.75) is 40.5 Å². The van der Waals surface area contributed by atoms with Crippen molar-refractivity contribution >= 4 is 39.0 Å². The lowest BCUT2D eigenvalue weighted by molar-refractivity contribution is 0.796. The van der Waals surface area contributed by atoms with Gasteiger partial charge in [0.15, 0.2) is 0 Å². The molecule has 0 aliphatic carbocycles. The lowest BCUT2D eigenvalue weighted by atomic mass is 9.98. The lowest BCUT2D eigenvalue weighted by Crippen LogP contribution is -2.26. The average Bonchev–Trinajstić information content (AvgIpc) is 3.15. The van der Waals surface area contributed by atoms with Crippen molar-refractivity contribution in [3.8, 4) is 11.1 Å². The molecule has 0 fully saturated rings. The Balaban J connectivity index is 1.85. The largest absolute Gasteiger partial charge is 0.356 e. The number of pyridine rings is 1. The third-order valence-corrected chi connectivity index (χ3v) is 7.19. The molecule has 0 unspecified atom stereocenters. The Bertz CT molecular complexity index is 1200. The molecule has 160 valence electrons. The Morgan fingerprint density at radius 3 is 2.45 bits per heavy atom. The number of thiophene rings is 1. The summed E-state index contributed by atoms with van der Waals surface area (Å²) in [4.78, 5) is 18.1. The molecule has 3 heterocycles. The standard InChI is InChI=1S/C25H27ClN4S/c1-5-20-21(19-8-7-16(3)17(4)15-19)22-23(28-25(26)29-24(22)31-20)30(6-2)14-11-18-9-12-27-13-10-18/h7-10,12-13,15H,5-6,11,14H2,1-4H3. The van der Waals surface area contributed by atoms with Crippen LogP contribution in [-0.4, -0.2) is 28.0 Å². The SMILES string of the molecule is CCc1sc2nc(Cl)nc(N(CC)CCc3ccncc3)c2c1-c1ccc(C)c(C)c1. The number of fused-ring (bicyclic) bond motifs is 1. The molecule has 4 aromatic rings. The maximum atomic E-state index is 6.39. The van der Waals surface area contributed by atoms with Gasteiger partial charge in [0.25, 0.3) is 0 Å². The molecular formula is C25H27ClN4S. The number of aromatic nitrogens is 3. The number of likely N-dealkylation sites (N-methyl/N-ethyl adjacent to an activating group) is 1. The van der Waals surface area contributed by atoms with Gasteiger partial charge in [0.1, 0.15) is 10.6 Å². The fourth-order valence-electron chi connectivity index (χ4n) is 3.91. The topological polar surface area (TPSA) is 41.9 Å². The zero-order valence-corrected chi connectivity index (χ0v) is 20.0. The number of halogens is 1. The van der Waals surface area contributed by atoms with Crippen molar-refractivity contribution in [1.29, 1.82) is 0 Å². The van der Waals surface area contributed by atoms with Crippen LogP contribution in [0.5, 0.6) is 0 Å². The van der Waals surface area contributed by atoms with Crippen LogP contribution in [0.4, 0.5) is 5.82 Å². The van der Waals surface area contributed by atoms with Crippen LogP contribution in [0.3, 0.4) is 0 Å². The van der Waals surface area contributed by atoms with Crippen LogP contribution in [-0.2, 0) is 12.8 Å². The number of aryl methyl sites for hydroxylation is 3. The van der Waals surface area contributed by atoms with Crippen molar-refractivity contribution in [2.75, 3.05) is 18.0 Å². The highest BCUT2D eigenvalue weighted by Gasteiger charge is 2.22. The first-order valence-electron chi connectivity index (χ1n) is 10.7. The van der Waals surface area contributed by atoms with E-state index in [1.54, 1.807) is 11.3 Å². The third-order valence-electron chi connectivity index (χ3n) is 5.80. The molecule has 3 aromatic heterocycles. The van der Waals surface area contributed by atoms with Crippen molar-refractivity contribution < 1.29 is 0 Å². The second kappa shape index (κ2) is 9.33. The number of anilines is 1. The normalized spacial score (nSPS) is 11.3. The molecule has 6 heteroatoms. The number of rotatable bonds is 7. The molecule has 0 spiro atoms. The fraction of sp³-hybridized carbons (Fsp3) is 0.320. The van der Waals surface area contributed by atoms with Crippen molar-refractivity contribution in [1.82, 2.24) is 15.0 Å². The van der Waals surface area contributed by atoms with E-state index in [9.17, 15) is 0 Å². The van der Waals surface area contributed by atoms with Gasteiger partial charge in [-0.3, -0.25) is 4.98 Å². The van der Waals surface area contributed by atoms with E-state index in [4.69, 9.17) is 16.6 Å². The Morgan fingerprint density at radius 1 is 1.00 bits per heavy atom. The molecule has 0 aliphatic heterocycles. The molecule has 4 nitrogen and oxygen atoms in total. The van der Waals surface area contributed by atoms with E-state index >= 15 is 0 Å². The van der Waals surface area contributed by atoms with E-state index in [0.717, 1.165) is 42.0 Å². The van der Waals surface area contributed by atoms with Crippen LogP contribution in [0.25, 0.3) is 21.3 Å². The summed E-state index contributed by atoms with van der Waals surface area (Å²) in [6.45, 7) is 10.4. The van der Waals surface area contributed by atoms with Crippen LogP contribution >= 0.6 is 22.9 Å². The Hall–Kier alpha value is -2.50. The summed E-state index contributed by atoms with van der Waals surface area (Å²) in [6.07, 6.45) is 5.55. The molecule has 0 radical (unpaired) electrons. The Labute approximate surface area is 193 Å². The second-order valence-corrected chi connectivity index (χ2v) is 9.16. The first kappa shape index (κ1) is 21.7. The van der Waals surface area contributed by atoms with Gasteiger partial charge >= 0.3 is 0 Å². The van der Waals surface area contributed by atoms with Gasteiger partial charge in [0, 0.05) is 35.9 Å². The summed E-state index contributed by atoms with van der Waals surface area (Å²) in [5, 5.41) is 1.42. The van der Waals surface area contributed by atoms with Crippen LogP contribution in [0.2, 0.25) is 5.28 Å². The monoisotopic (exact) mass is 450 g/mol. The van der Waals surface area contributed by atoms with E-state index in [1.807, 2.05) is 12.4 Å². The summed E-state index contributed by atoms with van der Waals surface area (Å²) in [5.41, 5.74) is 6.33. The smallest absolute Gasteiger partial charge is 0.225 e. The molecule has 0 bridgehead atoms. The van der Waals surface area contributed by atoms with Crippen LogP contribution in [0.15, 0.2) is 42.7 Å². The minimum absolute atomic E-state index is 0.306. The van der Waals surface area contributed by atoms with Crippen molar-refractivity contribution in [3.63, 3.8) is 0 Å². The van der Waals surface area contributed by atoms with E-state index in [0.29, 0.717) is 5.28 Å². The number of benzene rings is 1. The first-order valence-corrected chi connectivity index (χ1v) is 11.9. The molecule has 0 N–H and O–H groups in total. The van der Waals surface area contributed by atoms with Gasteiger partial charge in [-0.1, -0.05) is 25.1 Å². The highest BCUT2D eigenvalue weighted by atomic mass is 35.5. The van der Waals surface area contributed by atoms with Gasteiger partial charge in [0.2, 0.25) is 5.28 Å². The highest BCUT2D eigenvalue weighted by molar-refractivity contribution is 7.19. The van der Waals surface area contributed by atoms with E-state index < -0.39 is 0 Å². The number of hydrogen-bond donors (Lipinski definition) is 0. The molecule has 1 aromatic carbocycles. The van der Waals surface area contributed by atoms with Crippen molar-refractivity contribution in [2.24, 2.45) is 0 Å². The highest BCUT2D eigenvalue weighted by Crippen LogP contribution is 2.43. The molecule has 0 atom stereocenters. The zero-order valence-electron chi connectivity index (χ0n) is 18.4. The van der Waals surface area contributed by atoms with Gasteiger partial charge in [-0.05, 0) is 79.6 Å². The first-order chi connectivity index (χ1) is 15.0. The molecule has 31 heavy (non-hydrogen) atoms. The van der Waals surface area contributed by atoms with E-state index in [1.165, 1.54) is 32.7 Å². The molecule has 0 aliphatic rings. The second-order valence-electron chi connectivity index (χ2n) is 7.73. The van der Waals surface area contributed by atoms with Crippen LogP contribution in [0, 0.1) is 13.8 Å². The molecule has 0 saturated heterocycles. The summed E-state index contributed by atoms with van der Waals surface area (Å²) in [6, 6.07) is 10.8. The maximum Gasteiger partial charge on any atom is 0.225 e. The molecule has 4 rings (SSSR count). The summed E-state index contributed by atoms with van der Waals surface area (Å²) >= 11 is 8.12. The fourth-order valence-corrected chi connectivity index (χ4v) is 5.25. The van der Waals surface area contributed by atoms with Gasteiger partial charge in [0.05, 0.1) is 5.39 Å².